The fourth-order valence-corrected chi connectivity index (χ4v) is 4.03. The van der Waals surface area contributed by atoms with Crippen molar-refractivity contribution in [1.82, 2.24) is 0 Å². The molecular weight excluding hydrogens is 290 g/mol. The van der Waals surface area contributed by atoms with Crippen LogP contribution in [0.15, 0.2) is 41.3 Å². The molecule has 1 aliphatic carbocycles. The minimum absolute atomic E-state index is 0.497. The minimum atomic E-state index is -1.13. The zero-order chi connectivity index (χ0) is 14.1. The molecule has 0 amide bonds. The van der Waals surface area contributed by atoms with Crippen LogP contribution in [0.3, 0.4) is 0 Å². The second kappa shape index (κ2) is 5.58. The van der Waals surface area contributed by atoms with E-state index in [2.05, 4.69) is 18.2 Å². The largest absolute Gasteiger partial charge is 0.398 e. The van der Waals surface area contributed by atoms with Crippen molar-refractivity contribution < 1.29 is 4.21 Å². The van der Waals surface area contributed by atoms with E-state index in [1.807, 2.05) is 0 Å². The molecule has 0 aliphatic heterocycles. The van der Waals surface area contributed by atoms with Crippen molar-refractivity contribution in [3.63, 3.8) is 0 Å². The molecule has 4 heteroatoms. The number of nitrogen functional groups attached to an aromatic ring is 1. The van der Waals surface area contributed by atoms with E-state index in [1.54, 1.807) is 18.2 Å². The van der Waals surface area contributed by atoms with Crippen LogP contribution in [0.2, 0.25) is 5.02 Å². The Morgan fingerprint density at radius 2 is 1.90 bits per heavy atom. The van der Waals surface area contributed by atoms with E-state index in [4.69, 9.17) is 17.3 Å². The molecule has 1 unspecified atom stereocenters. The molecule has 2 aromatic rings. The van der Waals surface area contributed by atoms with Gasteiger partial charge in [0.15, 0.2) is 0 Å². The molecule has 0 radical (unpaired) electrons. The van der Waals surface area contributed by atoms with Gasteiger partial charge in [-0.15, -0.1) is 0 Å². The van der Waals surface area contributed by atoms with Gasteiger partial charge in [0, 0.05) is 10.7 Å². The Balaban J connectivity index is 1.82. The van der Waals surface area contributed by atoms with Crippen molar-refractivity contribution in [2.45, 2.75) is 29.9 Å². The average Bonchev–Trinajstić information content (AvgIpc) is 2.85. The number of rotatable bonds is 3. The predicted octanol–water partition coefficient (Wildman–Crippen LogP) is 3.72. The van der Waals surface area contributed by atoms with E-state index in [0.717, 1.165) is 12.0 Å². The molecule has 1 aliphatic rings. The Labute approximate surface area is 126 Å². The van der Waals surface area contributed by atoms with E-state index in [-0.39, 0.29) is 0 Å². The van der Waals surface area contributed by atoms with Gasteiger partial charge in [0.25, 0.3) is 0 Å². The zero-order valence-electron chi connectivity index (χ0n) is 11.1. The van der Waals surface area contributed by atoms with Gasteiger partial charge in [-0.2, -0.15) is 0 Å². The summed E-state index contributed by atoms with van der Waals surface area (Å²) in [4.78, 5) is 0.662. The molecule has 104 valence electrons. The molecule has 20 heavy (non-hydrogen) atoms. The lowest BCUT2D eigenvalue weighted by Crippen LogP contribution is -2.01. The van der Waals surface area contributed by atoms with Crippen LogP contribution in [0.5, 0.6) is 0 Å². The maximum absolute atomic E-state index is 12.4. The lowest BCUT2D eigenvalue weighted by atomic mass is 10.1. The van der Waals surface area contributed by atoms with Gasteiger partial charge in [-0.1, -0.05) is 29.8 Å². The van der Waals surface area contributed by atoms with Crippen molar-refractivity contribution in [2.75, 3.05) is 5.73 Å². The van der Waals surface area contributed by atoms with Crippen LogP contribution in [0, 0.1) is 0 Å². The highest BCUT2D eigenvalue weighted by atomic mass is 35.5. The smallest absolute Gasteiger partial charge is 0.0621 e. The molecule has 0 saturated carbocycles. The maximum atomic E-state index is 12.4. The summed E-state index contributed by atoms with van der Waals surface area (Å²) < 4.78 is 12.4. The van der Waals surface area contributed by atoms with E-state index >= 15 is 0 Å². The van der Waals surface area contributed by atoms with Gasteiger partial charge in [-0.25, -0.2) is 0 Å². The second-order valence-electron chi connectivity index (χ2n) is 5.13. The normalized spacial score (nSPS) is 15.1. The molecule has 0 bridgehead atoms. The number of fused-ring (bicyclic) bond motifs is 1. The Morgan fingerprint density at radius 1 is 1.10 bits per heavy atom. The number of benzene rings is 2. The van der Waals surface area contributed by atoms with Gasteiger partial charge in [0.2, 0.25) is 0 Å². The third kappa shape index (κ3) is 2.74. The van der Waals surface area contributed by atoms with Crippen LogP contribution >= 0.6 is 11.6 Å². The van der Waals surface area contributed by atoms with Crippen molar-refractivity contribution in [1.29, 1.82) is 0 Å². The first-order chi connectivity index (χ1) is 9.63. The molecule has 0 spiro atoms. The van der Waals surface area contributed by atoms with Gasteiger partial charge in [-0.05, 0) is 54.2 Å². The van der Waals surface area contributed by atoms with E-state index in [0.29, 0.717) is 21.4 Å². The fourth-order valence-electron chi connectivity index (χ4n) is 2.67. The lowest BCUT2D eigenvalue weighted by molar-refractivity contribution is 0.683. The van der Waals surface area contributed by atoms with Crippen LogP contribution in [-0.4, -0.2) is 4.21 Å². The van der Waals surface area contributed by atoms with Crippen LogP contribution < -0.4 is 5.73 Å². The van der Waals surface area contributed by atoms with Gasteiger partial charge in [-0.3, -0.25) is 4.21 Å². The number of hydrogen-bond donors (Lipinski definition) is 1. The summed E-state index contributed by atoms with van der Waals surface area (Å²) in [5.74, 6) is 0.499. The van der Waals surface area contributed by atoms with Crippen molar-refractivity contribution >= 4 is 28.1 Å². The Bertz CT molecular complexity index is 684. The highest BCUT2D eigenvalue weighted by molar-refractivity contribution is 7.84. The van der Waals surface area contributed by atoms with Gasteiger partial charge in [0.05, 0.1) is 21.4 Å². The summed E-state index contributed by atoms with van der Waals surface area (Å²) in [6.07, 6.45) is 3.54. The van der Waals surface area contributed by atoms with E-state index in [1.165, 1.54) is 24.0 Å². The standard InChI is InChI=1S/C16H16ClNOS/c17-14-6-7-16(15(18)9-14)20(19)10-11-4-5-12-2-1-3-13(12)8-11/h4-9H,1-3,10,18H2. The highest BCUT2D eigenvalue weighted by Gasteiger charge is 2.13. The highest BCUT2D eigenvalue weighted by Crippen LogP contribution is 2.26. The second-order valence-corrected chi connectivity index (χ2v) is 6.98. The quantitative estimate of drug-likeness (QED) is 0.878. The monoisotopic (exact) mass is 305 g/mol. The topological polar surface area (TPSA) is 43.1 Å². The summed E-state index contributed by atoms with van der Waals surface area (Å²) >= 11 is 5.87. The summed E-state index contributed by atoms with van der Waals surface area (Å²) in [7, 11) is -1.13. The number of hydrogen-bond acceptors (Lipinski definition) is 2. The summed E-state index contributed by atoms with van der Waals surface area (Å²) in [5.41, 5.74) is 10.3. The summed E-state index contributed by atoms with van der Waals surface area (Å²) in [6.45, 7) is 0. The molecule has 0 fully saturated rings. The zero-order valence-corrected chi connectivity index (χ0v) is 12.6. The van der Waals surface area contributed by atoms with Crippen molar-refractivity contribution in [3.05, 3.63) is 58.1 Å². The Morgan fingerprint density at radius 3 is 2.70 bits per heavy atom. The fraction of sp³-hybridized carbons (Fsp3) is 0.250. The summed E-state index contributed by atoms with van der Waals surface area (Å²) in [6, 6.07) is 11.6. The first-order valence-electron chi connectivity index (χ1n) is 6.67. The lowest BCUT2D eigenvalue weighted by Gasteiger charge is -2.08. The molecule has 0 aromatic heterocycles. The van der Waals surface area contributed by atoms with Crippen molar-refractivity contribution in [2.24, 2.45) is 0 Å². The molecule has 0 saturated heterocycles. The molecule has 2 N–H and O–H groups in total. The first-order valence-corrected chi connectivity index (χ1v) is 8.37. The van der Waals surface area contributed by atoms with E-state index in [9.17, 15) is 4.21 Å². The molecule has 2 nitrogen and oxygen atoms in total. The molecule has 0 heterocycles. The Kier molecular flexibility index (Phi) is 3.81. The van der Waals surface area contributed by atoms with E-state index < -0.39 is 10.8 Å². The average molecular weight is 306 g/mol. The third-order valence-electron chi connectivity index (χ3n) is 3.68. The SMILES string of the molecule is Nc1cc(Cl)ccc1S(=O)Cc1ccc2c(c1)CCC2. The predicted molar refractivity (Wildman–Crippen MR) is 84.4 cm³/mol. The van der Waals surface area contributed by atoms with Gasteiger partial charge in [0.1, 0.15) is 0 Å². The van der Waals surface area contributed by atoms with Crippen LogP contribution in [0.4, 0.5) is 5.69 Å². The first kappa shape index (κ1) is 13.7. The van der Waals surface area contributed by atoms with Crippen LogP contribution in [0.25, 0.3) is 0 Å². The molecule has 3 rings (SSSR count). The molecule has 1 atom stereocenters. The van der Waals surface area contributed by atoms with Gasteiger partial charge < -0.3 is 5.73 Å². The number of aryl methyl sites for hydroxylation is 2. The number of nitrogens with two attached hydrogens (primary N) is 1. The maximum Gasteiger partial charge on any atom is 0.0621 e. The third-order valence-corrected chi connectivity index (χ3v) is 5.37. The minimum Gasteiger partial charge on any atom is -0.398 e. The van der Waals surface area contributed by atoms with Crippen LogP contribution in [0.1, 0.15) is 23.1 Å². The van der Waals surface area contributed by atoms with Crippen molar-refractivity contribution in [3.8, 4) is 0 Å². The van der Waals surface area contributed by atoms with Crippen LogP contribution in [-0.2, 0) is 29.4 Å². The van der Waals surface area contributed by atoms with Gasteiger partial charge >= 0.3 is 0 Å². The Hall–Kier alpha value is -1.32. The molecular formula is C16H16ClNOS. The number of halogens is 1. The number of anilines is 1. The molecule has 2 aromatic carbocycles. The summed E-state index contributed by atoms with van der Waals surface area (Å²) in [5, 5.41) is 0.570.